The summed E-state index contributed by atoms with van der Waals surface area (Å²) in [6, 6.07) is 9.04. The molecule has 0 aliphatic carbocycles. The number of benzene rings is 2. The second-order valence-corrected chi connectivity index (χ2v) is 7.41. The molecule has 146 valence electrons. The molecule has 0 saturated heterocycles. The number of sulfonamides is 1. The first-order chi connectivity index (χ1) is 12.5. The Balaban J connectivity index is 2.12. The first kappa shape index (κ1) is 20.6. The largest absolute Gasteiger partial charge is 0.484 e. The van der Waals surface area contributed by atoms with Crippen LogP contribution in [0, 0.1) is 0 Å². The maximum Gasteiger partial charge on any atom is 0.416 e. The van der Waals surface area contributed by atoms with Crippen LogP contribution in [-0.4, -0.2) is 39.9 Å². The van der Waals surface area contributed by atoms with Gasteiger partial charge in [0.2, 0.25) is 0 Å². The molecule has 0 aromatic heterocycles. The molecule has 0 heterocycles. The molecule has 27 heavy (non-hydrogen) atoms. The lowest BCUT2D eigenvalue weighted by Crippen LogP contribution is -2.27. The highest BCUT2D eigenvalue weighted by Crippen LogP contribution is 2.31. The summed E-state index contributed by atoms with van der Waals surface area (Å²) in [6.07, 6.45) is -4.58. The molecule has 2 rings (SSSR count). The molecule has 0 aliphatic heterocycles. The van der Waals surface area contributed by atoms with Crippen molar-refractivity contribution in [2.24, 2.45) is 0 Å². The fourth-order valence-electron chi connectivity index (χ4n) is 1.96. The van der Waals surface area contributed by atoms with Crippen molar-refractivity contribution in [3.8, 4) is 5.75 Å². The molecule has 6 nitrogen and oxygen atoms in total. The van der Waals surface area contributed by atoms with Gasteiger partial charge in [0.15, 0.2) is 6.61 Å². The van der Waals surface area contributed by atoms with E-state index >= 15 is 0 Å². The van der Waals surface area contributed by atoms with Crippen molar-refractivity contribution in [1.29, 1.82) is 0 Å². The average molecular weight is 402 g/mol. The molecule has 0 radical (unpaired) electrons. The number of hydrogen-bond donors (Lipinski definition) is 1. The first-order valence-corrected chi connectivity index (χ1v) is 9.10. The van der Waals surface area contributed by atoms with Crippen LogP contribution in [0.1, 0.15) is 5.56 Å². The van der Waals surface area contributed by atoms with E-state index in [0.29, 0.717) is 6.07 Å². The third-order valence-electron chi connectivity index (χ3n) is 3.44. The summed E-state index contributed by atoms with van der Waals surface area (Å²) in [5.74, 6) is 0.0149. The van der Waals surface area contributed by atoms with Crippen LogP contribution < -0.4 is 9.46 Å². The van der Waals surface area contributed by atoms with Crippen molar-refractivity contribution >= 4 is 21.6 Å². The Kier molecular flexibility index (Phi) is 5.99. The summed E-state index contributed by atoms with van der Waals surface area (Å²) in [7, 11) is -0.945. The number of alkyl halides is 3. The van der Waals surface area contributed by atoms with Crippen LogP contribution in [-0.2, 0) is 21.0 Å². The highest BCUT2D eigenvalue weighted by Gasteiger charge is 2.30. The number of nitrogens with zero attached hydrogens (tertiary/aromatic N) is 1. The average Bonchev–Trinajstić information content (AvgIpc) is 2.59. The lowest BCUT2D eigenvalue weighted by molar-refractivity contribution is -0.137. The van der Waals surface area contributed by atoms with Gasteiger partial charge in [0.1, 0.15) is 5.75 Å². The smallest absolute Gasteiger partial charge is 0.416 e. The van der Waals surface area contributed by atoms with E-state index in [0.717, 1.165) is 12.1 Å². The summed E-state index contributed by atoms with van der Waals surface area (Å²) in [4.78, 5) is 12.6. The summed E-state index contributed by atoms with van der Waals surface area (Å²) < 4.78 is 70.2. The minimum atomic E-state index is -4.58. The second kappa shape index (κ2) is 7.87. The zero-order valence-corrected chi connectivity index (χ0v) is 15.3. The molecule has 2 aromatic rings. The minimum Gasteiger partial charge on any atom is -0.484 e. The van der Waals surface area contributed by atoms with Crippen molar-refractivity contribution in [2.75, 3.05) is 25.4 Å². The van der Waals surface area contributed by atoms with E-state index in [-0.39, 0.29) is 28.8 Å². The molecule has 2 aromatic carbocycles. The van der Waals surface area contributed by atoms with Gasteiger partial charge >= 0.3 is 6.18 Å². The number of likely N-dealkylation sites (N-methyl/N-ethyl adjacent to an activating group) is 1. The molecule has 0 fully saturated rings. The van der Waals surface area contributed by atoms with Crippen molar-refractivity contribution in [3.05, 3.63) is 54.1 Å². The number of carbonyl (C=O) groups excluding carboxylic acids is 1. The van der Waals surface area contributed by atoms with E-state index in [1.807, 2.05) is 0 Å². The molecule has 1 N–H and O–H groups in total. The minimum absolute atomic E-state index is 0.161. The van der Waals surface area contributed by atoms with Crippen LogP contribution >= 0.6 is 0 Å². The number of ether oxygens (including phenoxy) is 1. The van der Waals surface area contributed by atoms with Gasteiger partial charge in [-0.05, 0) is 42.5 Å². The van der Waals surface area contributed by atoms with Gasteiger partial charge in [-0.2, -0.15) is 13.2 Å². The molecule has 10 heteroatoms. The van der Waals surface area contributed by atoms with Crippen molar-refractivity contribution in [2.45, 2.75) is 11.1 Å². The van der Waals surface area contributed by atoms with Crippen LogP contribution in [0.15, 0.2) is 53.4 Å². The van der Waals surface area contributed by atoms with Gasteiger partial charge in [-0.3, -0.25) is 9.52 Å². The van der Waals surface area contributed by atoms with Gasteiger partial charge in [0.25, 0.3) is 15.9 Å². The lowest BCUT2D eigenvalue weighted by atomic mass is 10.2. The predicted octanol–water partition coefficient (Wildman–Crippen LogP) is 2.97. The first-order valence-electron chi connectivity index (χ1n) is 7.62. The zero-order chi connectivity index (χ0) is 20.2. The zero-order valence-electron chi connectivity index (χ0n) is 14.4. The highest BCUT2D eigenvalue weighted by atomic mass is 32.2. The number of carbonyl (C=O) groups is 1. The maximum atomic E-state index is 12.7. The normalized spacial score (nSPS) is 11.7. The third-order valence-corrected chi connectivity index (χ3v) is 4.83. The predicted molar refractivity (Wildman–Crippen MR) is 92.9 cm³/mol. The third kappa shape index (κ3) is 5.61. The van der Waals surface area contributed by atoms with Crippen molar-refractivity contribution < 1.29 is 31.1 Å². The number of rotatable bonds is 6. The van der Waals surface area contributed by atoms with E-state index in [1.165, 1.54) is 35.2 Å². The van der Waals surface area contributed by atoms with Gasteiger partial charge in [0, 0.05) is 19.8 Å². The maximum absolute atomic E-state index is 12.7. The van der Waals surface area contributed by atoms with Crippen molar-refractivity contribution in [3.63, 3.8) is 0 Å². The number of nitrogens with one attached hydrogen (secondary N) is 1. The Bertz CT molecular complexity index is 911. The quantitative estimate of drug-likeness (QED) is 0.806. The number of hydrogen-bond acceptors (Lipinski definition) is 4. The number of anilines is 1. The van der Waals surface area contributed by atoms with Crippen LogP contribution in [0.3, 0.4) is 0 Å². The van der Waals surface area contributed by atoms with Gasteiger partial charge in [-0.1, -0.05) is 6.07 Å². The Morgan fingerprint density at radius 3 is 2.30 bits per heavy atom. The van der Waals surface area contributed by atoms with E-state index < -0.39 is 21.8 Å². The van der Waals surface area contributed by atoms with Gasteiger partial charge in [0.05, 0.1) is 10.5 Å². The summed E-state index contributed by atoms with van der Waals surface area (Å²) in [6.45, 7) is -0.207. The van der Waals surface area contributed by atoms with Gasteiger partial charge < -0.3 is 9.64 Å². The topological polar surface area (TPSA) is 75.7 Å². The van der Waals surface area contributed by atoms with Crippen LogP contribution in [0.2, 0.25) is 0 Å². The highest BCUT2D eigenvalue weighted by molar-refractivity contribution is 7.92. The van der Waals surface area contributed by atoms with Crippen LogP contribution in [0.5, 0.6) is 5.75 Å². The van der Waals surface area contributed by atoms with E-state index in [9.17, 15) is 26.4 Å². The van der Waals surface area contributed by atoms with E-state index in [2.05, 4.69) is 4.72 Å². The monoisotopic (exact) mass is 402 g/mol. The molecule has 0 bridgehead atoms. The SMILES string of the molecule is CN(C)C(=O)COc1ccc(S(=O)(=O)Nc2cccc(C(F)(F)F)c2)cc1. The lowest BCUT2D eigenvalue weighted by Gasteiger charge is -2.13. The van der Waals surface area contributed by atoms with Gasteiger partial charge in [-0.15, -0.1) is 0 Å². The Morgan fingerprint density at radius 2 is 1.74 bits per heavy atom. The molecule has 0 atom stereocenters. The summed E-state index contributed by atoms with van der Waals surface area (Å²) >= 11 is 0. The Hall–Kier alpha value is -2.75. The fraction of sp³-hybridized carbons (Fsp3) is 0.235. The molecular weight excluding hydrogens is 385 g/mol. The fourth-order valence-corrected chi connectivity index (χ4v) is 3.01. The van der Waals surface area contributed by atoms with Gasteiger partial charge in [-0.25, -0.2) is 8.42 Å². The molecule has 0 spiro atoms. The van der Waals surface area contributed by atoms with Crippen molar-refractivity contribution in [1.82, 2.24) is 4.90 Å². The molecule has 1 amide bonds. The summed E-state index contributed by atoms with van der Waals surface area (Å²) in [5, 5.41) is 0. The number of amides is 1. The second-order valence-electron chi connectivity index (χ2n) is 5.73. The van der Waals surface area contributed by atoms with E-state index in [1.54, 1.807) is 14.1 Å². The molecular formula is C17H17F3N2O4S. The number of halogens is 3. The summed E-state index contributed by atoms with van der Waals surface area (Å²) in [5.41, 5.74) is -1.17. The molecule has 0 unspecified atom stereocenters. The van der Waals surface area contributed by atoms with Crippen LogP contribution in [0.4, 0.5) is 18.9 Å². The standard InChI is InChI=1S/C17H17F3N2O4S/c1-22(2)16(23)11-26-14-6-8-15(9-7-14)27(24,25)21-13-5-3-4-12(10-13)17(18,19)20/h3-10,21H,11H2,1-2H3. The van der Waals surface area contributed by atoms with Crippen LogP contribution in [0.25, 0.3) is 0 Å². The van der Waals surface area contributed by atoms with E-state index in [4.69, 9.17) is 4.74 Å². The Morgan fingerprint density at radius 1 is 1.11 bits per heavy atom. The Labute approximate surface area is 154 Å². The molecule has 0 aliphatic rings. The molecule has 0 saturated carbocycles.